The van der Waals surface area contributed by atoms with Crippen LogP contribution < -0.4 is 0 Å². The molecule has 0 aliphatic rings. The van der Waals surface area contributed by atoms with Crippen LogP contribution in [0.3, 0.4) is 0 Å². The Hall–Kier alpha value is -0.870. The number of rotatable bonds is 1. The van der Waals surface area contributed by atoms with Crippen molar-refractivity contribution in [2.45, 2.75) is 33.1 Å². The van der Waals surface area contributed by atoms with Crippen LogP contribution in [-0.4, -0.2) is 18.7 Å². The Morgan fingerprint density at radius 3 is 1.69 bits per heavy atom. The third-order valence-electron chi connectivity index (χ3n) is 2.00. The van der Waals surface area contributed by atoms with Crippen LogP contribution in [0.5, 0.6) is 0 Å². The van der Waals surface area contributed by atoms with E-state index in [1.54, 1.807) is 0 Å². The van der Waals surface area contributed by atoms with E-state index in [2.05, 4.69) is 51.1 Å². The second kappa shape index (κ2) is 6.01. The van der Waals surface area contributed by atoms with Gasteiger partial charge >= 0.3 is 0 Å². The average Bonchev–Trinajstić information content (AvgIpc) is 2.18. The Labute approximate surface area is 98.3 Å². The summed E-state index contributed by atoms with van der Waals surface area (Å²) in [6, 6.07) is 10.6. The van der Waals surface area contributed by atoms with Crippen molar-refractivity contribution in [3.8, 4) is 0 Å². The highest BCUT2D eigenvalue weighted by Gasteiger charge is 2.11. The summed E-state index contributed by atoms with van der Waals surface area (Å²) in [7, 11) is -3.66. The lowest BCUT2D eigenvalue weighted by Gasteiger charge is -2.18. The molecule has 3 nitrogen and oxygen atoms in total. The summed E-state index contributed by atoms with van der Waals surface area (Å²) in [4.78, 5) is 0. The summed E-state index contributed by atoms with van der Waals surface area (Å²) < 4.78 is 26.9. The first-order valence-corrected chi connectivity index (χ1v) is 6.78. The summed E-state index contributed by atoms with van der Waals surface area (Å²) in [6.45, 7) is 8.04. The molecule has 1 aromatic rings. The molecule has 0 spiro atoms. The van der Waals surface area contributed by atoms with Gasteiger partial charge in [0.05, 0.1) is 5.75 Å². The summed E-state index contributed by atoms with van der Waals surface area (Å²) in [5.74, 6) is -0.201. The maximum atomic E-state index is 9.56. The zero-order valence-electron chi connectivity index (χ0n) is 10.3. The minimum absolute atomic E-state index is 0.201. The fraction of sp³-hybridized carbons (Fsp3) is 0.500. The van der Waals surface area contributed by atoms with Crippen molar-refractivity contribution in [3.05, 3.63) is 35.9 Å². The second-order valence-corrected chi connectivity index (χ2v) is 6.23. The standard InChI is InChI=1S/C10H14.C2H6O3S/c1-10(2,3)9-7-5-4-6-8-9;1-2-6(3,4)5/h4-8H,1-3H3;2H2,1H3,(H,3,4,5). The van der Waals surface area contributed by atoms with Gasteiger partial charge in [0.1, 0.15) is 0 Å². The highest BCUT2D eigenvalue weighted by Crippen LogP contribution is 2.20. The first-order chi connectivity index (χ1) is 7.17. The Morgan fingerprint density at radius 2 is 1.50 bits per heavy atom. The smallest absolute Gasteiger partial charge is 0.264 e. The average molecular weight is 244 g/mol. The lowest BCUT2D eigenvalue weighted by atomic mass is 9.87. The normalized spacial score (nSPS) is 11.6. The van der Waals surface area contributed by atoms with Gasteiger partial charge in [-0.15, -0.1) is 0 Å². The molecule has 1 aromatic carbocycles. The van der Waals surface area contributed by atoms with Crippen LogP contribution in [0.1, 0.15) is 33.3 Å². The van der Waals surface area contributed by atoms with Crippen molar-refractivity contribution in [1.29, 1.82) is 0 Å². The van der Waals surface area contributed by atoms with Crippen molar-refractivity contribution in [2.75, 3.05) is 5.75 Å². The lowest BCUT2D eigenvalue weighted by molar-refractivity contribution is 0.484. The highest BCUT2D eigenvalue weighted by molar-refractivity contribution is 7.85. The van der Waals surface area contributed by atoms with Gasteiger partial charge in [0.15, 0.2) is 0 Å². The van der Waals surface area contributed by atoms with Crippen LogP contribution in [0, 0.1) is 0 Å². The van der Waals surface area contributed by atoms with E-state index in [0.29, 0.717) is 5.41 Å². The molecule has 0 fully saturated rings. The summed E-state index contributed by atoms with van der Waals surface area (Å²) >= 11 is 0. The van der Waals surface area contributed by atoms with E-state index in [4.69, 9.17) is 4.55 Å². The van der Waals surface area contributed by atoms with E-state index in [1.807, 2.05) is 0 Å². The van der Waals surface area contributed by atoms with Crippen molar-refractivity contribution in [2.24, 2.45) is 0 Å². The molecule has 0 aliphatic heterocycles. The van der Waals surface area contributed by atoms with Crippen molar-refractivity contribution < 1.29 is 13.0 Å². The van der Waals surface area contributed by atoms with Crippen LogP contribution in [-0.2, 0) is 15.5 Å². The van der Waals surface area contributed by atoms with Crippen LogP contribution in [0.2, 0.25) is 0 Å². The number of benzene rings is 1. The van der Waals surface area contributed by atoms with Gasteiger partial charge in [0.2, 0.25) is 0 Å². The van der Waals surface area contributed by atoms with E-state index < -0.39 is 10.1 Å². The van der Waals surface area contributed by atoms with E-state index >= 15 is 0 Å². The zero-order chi connectivity index (χ0) is 12.8. The minimum atomic E-state index is -3.66. The molecule has 1 N–H and O–H groups in total. The molecule has 0 unspecified atom stereocenters. The SMILES string of the molecule is CC(C)(C)c1ccccc1.CCS(=O)(=O)O. The molecule has 0 aliphatic carbocycles. The molecule has 0 heterocycles. The van der Waals surface area contributed by atoms with E-state index in [9.17, 15) is 8.42 Å². The van der Waals surface area contributed by atoms with Crippen molar-refractivity contribution in [1.82, 2.24) is 0 Å². The molecule has 0 bridgehead atoms. The Kier molecular flexibility index (Phi) is 5.68. The summed E-state index contributed by atoms with van der Waals surface area (Å²) in [6.07, 6.45) is 0. The Balaban J connectivity index is 0.000000325. The van der Waals surface area contributed by atoms with E-state index in [-0.39, 0.29) is 5.75 Å². The molecule has 0 radical (unpaired) electrons. The molecule has 0 saturated carbocycles. The van der Waals surface area contributed by atoms with Gasteiger partial charge in [0.25, 0.3) is 10.1 Å². The van der Waals surface area contributed by atoms with Crippen molar-refractivity contribution in [3.63, 3.8) is 0 Å². The maximum absolute atomic E-state index is 9.56. The van der Waals surface area contributed by atoms with Gasteiger partial charge in [0, 0.05) is 0 Å². The Bertz CT molecular complexity index is 388. The summed E-state index contributed by atoms with van der Waals surface area (Å²) in [5.41, 5.74) is 1.69. The van der Waals surface area contributed by atoms with Crippen LogP contribution >= 0.6 is 0 Å². The van der Waals surface area contributed by atoms with Crippen LogP contribution in [0.25, 0.3) is 0 Å². The van der Waals surface area contributed by atoms with Crippen molar-refractivity contribution >= 4 is 10.1 Å². The van der Waals surface area contributed by atoms with Crippen LogP contribution in [0.15, 0.2) is 30.3 Å². The molecule has 0 atom stereocenters. The molecule has 0 amide bonds. The second-order valence-electron chi connectivity index (χ2n) is 4.49. The van der Waals surface area contributed by atoms with E-state index in [0.717, 1.165) is 0 Å². The number of hydrogen-bond acceptors (Lipinski definition) is 2. The first-order valence-electron chi connectivity index (χ1n) is 5.17. The minimum Gasteiger partial charge on any atom is -0.286 e. The monoisotopic (exact) mass is 244 g/mol. The molecular formula is C12H20O3S. The molecule has 1 rings (SSSR count). The predicted molar refractivity (Wildman–Crippen MR) is 67.2 cm³/mol. The number of hydrogen-bond donors (Lipinski definition) is 1. The zero-order valence-corrected chi connectivity index (χ0v) is 11.1. The maximum Gasteiger partial charge on any atom is 0.264 e. The largest absolute Gasteiger partial charge is 0.286 e. The summed E-state index contributed by atoms with van der Waals surface area (Å²) in [5, 5.41) is 0. The van der Waals surface area contributed by atoms with Gasteiger partial charge in [-0.25, -0.2) is 0 Å². The quantitative estimate of drug-likeness (QED) is 0.773. The molecule has 92 valence electrons. The third-order valence-corrected chi connectivity index (χ3v) is 2.73. The van der Waals surface area contributed by atoms with E-state index in [1.165, 1.54) is 12.5 Å². The molecular weight excluding hydrogens is 224 g/mol. The highest BCUT2D eigenvalue weighted by atomic mass is 32.2. The topological polar surface area (TPSA) is 54.4 Å². The van der Waals surface area contributed by atoms with Gasteiger partial charge in [-0.3, -0.25) is 4.55 Å². The van der Waals surface area contributed by atoms with Gasteiger partial charge in [-0.1, -0.05) is 51.1 Å². The Morgan fingerprint density at radius 1 is 1.12 bits per heavy atom. The molecule has 0 aromatic heterocycles. The molecule has 4 heteroatoms. The van der Waals surface area contributed by atoms with Gasteiger partial charge in [-0.05, 0) is 17.9 Å². The first kappa shape index (κ1) is 15.1. The fourth-order valence-corrected chi connectivity index (χ4v) is 0.938. The van der Waals surface area contributed by atoms with Crippen LogP contribution in [0.4, 0.5) is 0 Å². The predicted octanol–water partition coefficient (Wildman–Crippen LogP) is 2.88. The van der Waals surface area contributed by atoms with Gasteiger partial charge < -0.3 is 0 Å². The fourth-order valence-electron chi connectivity index (χ4n) is 0.938. The molecule has 16 heavy (non-hydrogen) atoms. The lowest BCUT2D eigenvalue weighted by Crippen LogP contribution is -2.10. The third kappa shape index (κ3) is 7.43. The van der Waals surface area contributed by atoms with Gasteiger partial charge in [-0.2, -0.15) is 8.42 Å². The molecule has 0 saturated heterocycles.